The molecule has 0 saturated carbocycles. The van der Waals surface area contributed by atoms with Crippen LogP contribution in [0.2, 0.25) is 0 Å². The molecule has 6 nitrogen and oxygen atoms in total. The Kier molecular flexibility index (Phi) is 6.51. The van der Waals surface area contributed by atoms with Crippen molar-refractivity contribution in [1.82, 2.24) is 4.31 Å². The van der Waals surface area contributed by atoms with Gasteiger partial charge in [-0.05, 0) is 61.4 Å². The summed E-state index contributed by atoms with van der Waals surface area (Å²) in [6, 6.07) is 13.2. The second-order valence-corrected chi connectivity index (χ2v) is 8.93. The van der Waals surface area contributed by atoms with Gasteiger partial charge in [0, 0.05) is 17.6 Å². The SMILES string of the molecule is O=C(OCCOc1ccc(Br)cc1)c1ccc(S(=O)(=O)N2CCCC2)cc1. The van der Waals surface area contributed by atoms with Gasteiger partial charge in [0.1, 0.15) is 19.0 Å². The summed E-state index contributed by atoms with van der Waals surface area (Å²) in [4.78, 5) is 12.3. The number of benzene rings is 2. The molecule has 1 aliphatic rings. The van der Waals surface area contributed by atoms with Crippen molar-refractivity contribution in [3.05, 3.63) is 58.6 Å². The average molecular weight is 454 g/mol. The van der Waals surface area contributed by atoms with Crippen molar-refractivity contribution in [2.75, 3.05) is 26.3 Å². The molecule has 144 valence electrons. The highest BCUT2D eigenvalue weighted by atomic mass is 79.9. The lowest BCUT2D eigenvalue weighted by molar-refractivity contribution is 0.0450. The number of esters is 1. The van der Waals surface area contributed by atoms with Crippen LogP contribution in [-0.4, -0.2) is 45.0 Å². The van der Waals surface area contributed by atoms with E-state index < -0.39 is 16.0 Å². The highest BCUT2D eigenvalue weighted by Gasteiger charge is 2.27. The minimum atomic E-state index is -3.48. The van der Waals surface area contributed by atoms with Crippen LogP contribution >= 0.6 is 15.9 Å². The quantitative estimate of drug-likeness (QED) is 0.473. The van der Waals surface area contributed by atoms with Gasteiger partial charge < -0.3 is 9.47 Å². The molecule has 2 aromatic carbocycles. The summed E-state index contributed by atoms with van der Waals surface area (Å²) in [7, 11) is -3.48. The minimum Gasteiger partial charge on any atom is -0.490 e. The number of carbonyl (C=O) groups excluding carboxylic acids is 1. The van der Waals surface area contributed by atoms with E-state index in [0.717, 1.165) is 17.3 Å². The average Bonchev–Trinajstić information content (AvgIpc) is 3.22. The Bertz CT molecular complexity index is 875. The first-order valence-corrected chi connectivity index (χ1v) is 10.9. The molecule has 0 aromatic heterocycles. The first-order chi connectivity index (χ1) is 13.0. The maximum Gasteiger partial charge on any atom is 0.338 e. The van der Waals surface area contributed by atoms with Crippen molar-refractivity contribution >= 4 is 31.9 Å². The zero-order valence-electron chi connectivity index (χ0n) is 14.6. The smallest absolute Gasteiger partial charge is 0.338 e. The number of rotatable bonds is 7. The van der Waals surface area contributed by atoms with Gasteiger partial charge in [0.05, 0.1) is 10.5 Å². The Morgan fingerprint density at radius 1 is 0.963 bits per heavy atom. The number of ether oxygens (including phenoxy) is 2. The molecule has 0 atom stereocenters. The molecular formula is C19H20BrNO5S. The summed E-state index contributed by atoms with van der Waals surface area (Å²) in [6.45, 7) is 1.42. The molecule has 0 amide bonds. The maximum atomic E-state index is 12.5. The van der Waals surface area contributed by atoms with E-state index in [9.17, 15) is 13.2 Å². The maximum absolute atomic E-state index is 12.5. The molecule has 27 heavy (non-hydrogen) atoms. The Morgan fingerprint density at radius 2 is 1.59 bits per heavy atom. The van der Waals surface area contributed by atoms with E-state index in [1.54, 1.807) is 0 Å². The first kappa shape index (κ1) is 19.9. The zero-order chi connectivity index (χ0) is 19.3. The molecule has 0 spiro atoms. The molecule has 0 radical (unpaired) electrons. The van der Waals surface area contributed by atoms with E-state index in [2.05, 4.69) is 15.9 Å². The van der Waals surface area contributed by atoms with Gasteiger partial charge >= 0.3 is 5.97 Å². The minimum absolute atomic E-state index is 0.0999. The van der Waals surface area contributed by atoms with Crippen LogP contribution in [0.5, 0.6) is 5.75 Å². The first-order valence-electron chi connectivity index (χ1n) is 8.62. The van der Waals surface area contributed by atoms with Crippen molar-refractivity contribution in [1.29, 1.82) is 0 Å². The van der Waals surface area contributed by atoms with Crippen LogP contribution in [0.25, 0.3) is 0 Å². The Hall–Kier alpha value is -1.90. The molecule has 1 saturated heterocycles. The van der Waals surface area contributed by atoms with Gasteiger partial charge in [-0.25, -0.2) is 13.2 Å². The van der Waals surface area contributed by atoms with Crippen molar-refractivity contribution in [2.24, 2.45) is 0 Å². The van der Waals surface area contributed by atoms with Crippen molar-refractivity contribution in [2.45, 2.75) is 17.7 Å². The zero-order valence-corrected chi connectivity index (χ0v) is 17.0. The number of halogens is 1. The van der Waals surface area contributed by atoms with E-state index in [1.807, 2.05) is 24.3 Å². The van der Waals surface area contributed by atoms with Crippen molar-refractivity contribution < 1.29 is 22.7 Å². The lowest BCUT2D eigenvalue weighted by Gasteiger charge is -2.15. The molecule has 3 rings (SSSR count). The fraction of sp³-hybridized carbons (Fsp3) is 0.316. The third kappa shape index (κ3) is 5.09. The van der Waals surface area contributed by atoms with Crippen LogP contribution in [-0.2, 0) is 14.8 Å². The third-order valence-corrected chi connectivity index (χ3v) is 6.63. The van der Waals surface area contributed by atoms with E-state index in [4.69, 9.17) is 9.47 Å². The predicted octanol–water partition coefficient (Wildman–Crippen LogP) is 3.47. The van der Waals surface area contributed by atoms with E-state index >= 15 is 0 Å². The summed E-state index contributed by atoms with van der Waals surface area (Å²) in [5, 5.41) is 0. The van der Waals surface area contributed by atoms with Crippen molar-refractivity contribution in [3.8, 4) is 5.75 Å². The number of hydrogen-bond donors (Lipinski definition) is 0. The van der Waals surface area contributed by atoms with Crippen LogP contribution in [0.4, 0.5) is 0 Å². The Balaban J connectivity index is 1.50. The topological polar surface area (TPSA) is 72.9 Å². The molecule has 0 N–H and O–H groups in total. The molecular weight excluding hydrogens is 434 g/mol. The van der Waals surface area contributed by atoms with Crippen LogP contribution in [0, 0.1) is 0 Å². The second kappa shape index (κ2) is 8.86. The Morgan fingerprint density at radius 3 is 2.22 bits per heavy atom. The molecule has 0 bridgehead atoms. The van der Waals surface area contributed by atoms with Crippen LogP contribution in [0.15, 0.2) is 57.9 Å². The van der Waals surface area contributed by atoms with E-state index in [-0.39, 0.29) is 18.1 Å². The standard InChI is InChI=1S/C19H20BrNO5S/c20-16-5-7-17(8-6-16)25-13-14-26-19(22)15-3-9-18(10-4-15)27(23,24)21-11-1-2-12-21/h3-10H,1-2,11-14H2. The molecule has 8 heteroatoms. The van der Waals surface area contributed by atoms with Crippen LogP contribution in [0.1, 0.15) is 23.2 Å². The highest BCUT2D eigenvalue weighted by Crippen LogP contribution is 2.21. The summed E-state index contributed by atoms with van der Waals surface area (Å²) in [5.41, 5.74) is 0.305. The largest absolute Gasteiger partial charge is 0.490 e. The lowest BCUT2D eigenvalue weighted by atomic mass is 10.2. The van der Waals surface area contributed by atoms with E-state index in [1.165, 1.54) is 28.6 Å². The fourth-order valence-electron chi connectivity index (χ4n) is 2.75. The number of nitrogens with zero attached hydrogens (tertiary/aromatic N) is 1. The molecule has 0 aliphatic carbocycles. The Labute approximate surface area is 167 Å². The molecule has 1 heterocycles. The number of carbonyl (C=O) groups is 1. The molecule has 1 aliphatic heterocycles. The van der Waals surface area contributed by atoms with Crippen LogP contribution in [0.3, 0.4) is 0 Å². The molecule has 0 unspecified atom stereocenters. The van der Waals surface area contributed by atoms with Gasteiger partial charge in [0.2, 0.25) is 10.0 Å². The van der Waals surface area contributed by atoms with Gasteiger partial charge in [0.15, 0.2) is 0 Å². The summed E-state index contributed by atoms with van der Waals surface area (Å²) >= 11 is 3.34. The summed E-state index contributed by atoms with van der Waals surface area (Å²) in [6.07, 6.45) is 1.76. The van der Waals surface area contributed by atoms with Gasteiger partial charge in [-0.1, -0.05) is 15.9 Å². The fourth-order valence-corrected chi connectivity index (χ4v) is 4.53. The number of hydrogen-bond acceptors (Lipinski definition) is 5. The van der Waals surface area contributed by atoms with Gasteiger partial charge in [-0.15, -0.1) is 0 Å². The summed E-state index contributed by atoms with van der Waals surface area (Å²) in [5.74, 6) is 0.172. The van der Waals surface area contributed by atoms with Crippen LogP contribution < -0.4 is 4.74 Å². The molecule has 1 fully saturated rings. The van der Waals surface area contributed by atoms with E-state index in [0.29, 0.717) is 24.4 Å². The monoisotopic (exact) mass is 453 g/mol. The van der Waals surface area contributed by atoms with Crippen molar-refractivity contribution in [3.63, 3.8) is 0 Å². The third-order valence-electron chi connectivity index (χ3n) is 4.19. The van der Waals surface area contributed by atoms with Gasteiger partial charge in [0.25, 0.3) is 0 Å². The van der Waals surface area contributed by atoms with Gasteiger partial charge in [-0.3, -0.25) is 0 Å². The second-order valence-electron chi connectivity index (χ2n) is 6.07. The summed E-state index contributed by atoms with van der Waals surface area (Å²) < 4.78 is 38.0. The molecule has 2 aromatic rings. The normalized spacial score (nSPS) is 14.9. The number of sulfonamides is 1. The lowest BCUT2D eigenvalue weighted by Crippen LogP contribution is -2.27. The highest BCUT2D eigenvalue weighted by molar-refractivity contribution is 9.10. The van der Waals surface area contributed by atoms with Gasteiger partial charge in [-0.2, -0.15) is 4.31 Å². The predicted molar refractivity (Wildman–Crippen MR) is 104 cm³/mol.